The quantitative estimate of drug-likeness (QED) is 0.901. The number of carbonyl (C=O) groups excluding carboxylic acids is 1. The van der Waals surface area contributed by atoms with E-state index in [2.05, 4.69) is 5.16 Å². The summed E-state index contributed by atoms with van der Waals surface area (Å²) in [5.74, 6) is 0.727. The summed E-state index contributed by atoms with van der Waals surface area (Å²) in [7, 11) is 0. The van der Waals surface area contributed by atoms with E-state index in [1.807, 2.05) is 36.1 Å². The third kappa shape index (κ3) is 2.20. The molecule has 0 bridgehead atoms. The summed E-state index contributed by atoms with van der Waals surface area (Å²) in [4.78, 5) is 14.4. The van der Waals surface area contributed by atoms with E-state index in [9.17, 15) is 4.79 Å². The van der Waals surface area contributed by atoms with Gasteiger partial charge in [-0.15, -0.1) is 0 Å². The van der Waals surface area contributed by atoms with E-state index in [4.69, 9.17) is 10.3 Å². The molecule has 2 aromatic rings. The van der Waals surface area contributed by atoms with Crippen molar-refractivity contribution in [1.82, 2.24) is 10.1 Å². The van der Waals surface area contributed by atoms with Crippen LogP contribution in [0.4, 0.5) is 0 Å². The second kappa shape index (κ2) is 5.09. The molecule has 0 atom stereocenters. The maximum atomic E-state index is 12.5. The third-order valence-electron chi connectivity index (χ3n) is 3.66. The number of aromatic nitrogens is 1. The van der Waals surface area contributed by atoms with E-state index in [-0.39, 0.29) is 5.91 Å². The molecule has 3 rings (SSSR count). The van der Waals surface area contributed by atoms with Gasteiger partial charge >= 0.3 is 0 Å². The molecule has 1 amide bonds. The summed E-state index contributed by atoms with van der Waals surface area (Å²) >= 11 is 0. The fraction of sp³-hybridized carbons (Fsp3) is 0.333. The Morgan fingerprint density at radius 1 is 1.50 bits per heavy atom. The first-order valence-corrected chi connectivity index (χ1v) is 6.71. The highest BCUT2D eigenvalue weighted by Gasteiger charge is 2.26. The molecular formula is C15H17N3O2. The average Bonchev–Trinajstić information content (AvgIpc) is 2.88. The fourth-order valence-corrected chi connectivity index (χ4v) is 2.56. The smallest absolute Gasteiger partial charge is 0.254 e. The van der Waals surface area contributed by atoms with Gasteiger partial charge in [-0.3, -0.25) is 4.79 Å². The Hall–Kier alpha value is -2.14. The molecule has 1 aliphatic heterocycles. The van der Waals surface area contributed by atoms with Crippen LogP contribution in [-0.4, -0.2) is 22.5 Å². The maximum absolute atomic E-state index is 12.5. The van der Waals surface area contributed by atoms with Gasteiger partial charge in [-0.25, -0.2) is 0 Å². The standard InChI is InChI=1S/C15H17N3O2/c1-10-3-2-4-11(7-10)15(19)18-6-5-13-12(9-18)14(8-16)20-17-13/h2-4,7H,5-6,8-9,16H2,1H3. The summed E-state index contributed by atoms with van der Waals surface area (Å²) in [5.41, 5.74) is 9.34. The number of carbonyl (C=O) groups is 1. The van der Waals surface area contributed by atoms with Crippen LogP contribution >= 0.6 is 0 Å². The van der Waals surface area contributed by atoms with Gasteiger partial charge < -0.3 is 15.2 Å². The van der Waals surface area contributed by atoms with Gasteiger partial charge in [-0.2, -0.15) is 0 Å². The minimum absolute atomic E-state index is 0.0449. The van der Waals surface area contributed by atoms with Gasteiger partial charge in [0.05, 0.1) is 18.8 Å². The zero-order valence-corrected chi connectivity index (χ0v) is 11.4. The highest BCUT2D eigenvalue weighted by atomic mass is 16.5. The number of rotatable bonds is 2. The number of amides is 1. The molecule has 1 aromatic heterocycles. The van der Waals surface area contributed by atoms with Crippen LogP contribution in [0, 0.1) is 6.92 Å². The van der Waals surface area contributed by atoms with Gasteiger partial charge in [0.2, 0.25) is 0 Å². The highest BCUT2D eigenvalue weighted by Crippen LogP contribution is 2.23. The van der Waals surface area contributed by atoms with Gasteiger partial charge in [-0.1, -0.05) is 22.9 Å². The second-order valence-corrected chi connectivity index (χ2v) is 5.08. The predicted molar refractivity (Wildman–Crippen MR) is 74.0 cm³/mol. The number of benzene rings is 1. The molecule has 5 nitrogen and oxygen atoms in total. The van der Waals surface area contributed by atoms with Crippen LogP contribution in [0.15, 0.2) is 28.8 Å². The Morgan fingerprint density at radius 2 is 2.35 bits per heavy atom. The molecule has 0 saturated carbocycles. The summed E-state index contributed by atoms with van der Waals surface area (Å²) in [6.07, 6.45) is 0.719. The van der Waals surface area contributed by atoms with E-state index in [1.54, 1.807) is 0 Å². The molecule has 2 N–H and O–H groups in total. The fourth-order valence-electron chi connectivity index (χ4n) is 2.56. The van der Waals surface area contributed by atoms with Gasteiger partial charge in [0.25, 0.3) is 5.91 Å². The van der Waals surface area contributed by atoms with Crippen LogP contribution < -0.4 is 5.73 Å². The lowest BCUT2D eigenvalue weighted by Gasteiger charge is -2.26. The number of aryl methyl sites for hydroxylation is 1. The molecule has 1 aliphatic rings. The van der Waals surface area contributed by atoms with Crippen LogP contribution in [0.5, 0.6) is 0 Å². The van der Waals surface area contributed by atoms with Crippen molar-refractivity contribution in [2.45, 2.75) is 26.4 Å². The summed E-state index contributed by atoms with van der Waals surface area (Å²) in [5, 5.41) is 4.02. The molecule has 0 aliphatic carbocycles. The van der Waals surface area contributed by atoms with Crippen LogP contribution in [0.1, 0.15) is 32.9 Å². The molecule has 0 unspecified atom stereocenters. The second-order valence-electron chi connectivity index (χ2n) is 5.08. The SMILES string of the molecule is Cc1cccc(C(=O)N2CCc3noc(CN)c3C2)c1. The molecule has 0 saturated heterocycles. The normalized spacial score (nSPS) is 14.2. The average molecular weight is 271 g/mol. The van der Waals surface area contributed by atoms with Crippen LogP contribution in [-0.2, 0) is 19.5 Å². The van der Waals surface area contributed by atoms with Crippen molar-refractivity contribution >= 4 is 5.91 Å². The number of fused-ring (bicyclic) bond motifs is 1. The Morgan fingerprint density at radius 3 is 3.10 bits per heavy atom. The van der Waals surface area contributed by atoms with E-state index in [1.165, 1.54) is 0 Å². The topological polar surface area (TPSA) is 72.4 Å². The van der Waals surface area contributed by atoms with E-state index in [0.29, 0.717) is 25.4 Å². The monoisotopic (exact) mass is 271 g/mol. The number of nitrogens with two attached hydrogens (primary N) is 1. The lowest BCUT2D eigenvalue weighted by molar-refractivity contribution is 0.0734. The van der Waals surface area contributed by atoms with Gasteiger partial charge in [-0.05, 0) is 19.1 Å². The number of nitrogens with zero attached hydrogens (tertiary/aromatic N) is 2. The molecule has 5 heteroatoms. The largest absolute Gasteiger partial charge is 0.359 e. The van der Waals surface area contributed by atoms with Crippen molar-refractivity contribution < 1.29 is 9.32 Å². The van der Waals surface area contributed by atoms with Crippen molar-refractivity contribution in [3.8, 4) is 0 Å². The van der Waals surface area contributed by atoms with Crippen molar-refractivity contribution in [3.05, 3.63) is 52.4 Å². The summed E-state index contributed by atoms with van der Waals surface area (Å²) in [6, 6.07) is 7.65. The van der Waals surface area contributed by atoms with E-state index < -0.39 is 0 Å². The molecule has 0 fully saturated rings. The Bertz CT molecular complexity index is 635. The lowest BCUT2D eigenvalue weighted by Crippen LogP contribution is -2.36. The predicted octanol–water partition coefficient (Wildman–Crippen LogP) is 1.64. The summed E-state index contributed by atoms with van der Waals surface area (Å²) < 4.78 is 5.21. The maximum Gasteiger partial charge on any atom is 0.254 e. The van der Waals surface area contributed by atoms with Gasteiger partial charge in [0.15, 0.2) is 5.76 Å². The van der Waals surface area contributed by atoms with E-state index >= 15 is 0 Å². The lowest BCUT2D eigenvalue weighted by atomic mass is 10.0. The van der Waals surface area contributed by atoms with Crippen LogP contribution in [0.2, 0.25) is 0 Å². The van der Waals surface area contributed by atoms with Crippen molar-refractivity contribution in [1.29, 1.82) is 0 Å². The summed E-state index contributed by atoms with van der Waals surface area (Å²) in [6.45, 7) is 3.49. The number of hydrogen-bond donors (Lipinski definition) is 1. The Balaban J connectivity index is 1.84. The molecule has 0 spiro atoms. The minimum Gasteiger partial charge on any atom is -0.359 e. The first kappa shape index (κ1) is 12.9. The molecule has 104 valence electrons. The molecule has 2 heterocycles. The van der Waals surface area contributed by atoms with E-state index in [0.717, 1.165) is 28.8 Å². The Kier molecular flexibility index (Phi) is 3.28. The highest BCUT2D eigenvalue weighted by molar-refractivity contribution is 5.94. The molecule has 20 heavy (non-hydrogen) atoms. The Labute approximate surface area is 117 Å². The van der Waals surface area contributed by atoms with Crippen molar-refractivity contribution in [2.24, 2.45) is 5.73 Å². The molecule has 1 aromatic carbocycles. The molecule has 0 radical (unpaired) electrons. The van der Waals surface area contributed by atoms with Gasteiger partial charge in [0, 0.05) is 24.1 Å². The van der Waals surface area contributed by atoms with Crippen LogP contribution in [0.25, 0.3) is 0 Å². The molecular weight excluding hydrogens is 254 g/mol. The number of hydrogen-bond acceptors (Lipinski definition) is 4. The third-order valence-corrected chi connectivity index (χ3v) is 3.66. The zero-order chi connectivity index (χ0) is 14.1. The van der Waals surface area contributed by atoms with Crippen LogP contribution in [0.3, 0.4) is 0 Å². The van der Waals surface area contributed by atoms with Gasteiger partial charge in [0.1, 0.15) is 0 Å². The first-order valence-electron chi connectivity index (χ1n) is 6.71. The minimum atomic E-state index is 0.0449. The first-order chi connectivity index (χ1) is 9.69. The zero-order valence-electron chi connectivity index (χ0n) is 11.4. The van der Waals surface area contributed by atoms with Crippen molar-refractivity contribution in [2.75, 3.05) is 6.54 Å². The van der Waals surface area contributed by atoms with Crippen molar-refractivity contribution in [3.63, 3.8) is 0 Å².